The lowest BCUT2D eigenvalue weighted by Gasteiger charge is -2.36. The molecule has 5 atom stereocenters. The smallest absolute Gasteiger partial charge is 0.223 e. The molecule has 1 saturated carbocycles. The van der Waals surface area contributed by atoms with E-state index < -0.39 is 11.6 Å². The Balaban J connectivity index is 1.20. The van der Waals surface area contributed by atoms with Crippen LogP contribution in [0.15, 0.2) is 36.4 Å². The molecule has 2 aromatic rings. The van der Waals surface area contributed by atoms with Crippen molar-refractivity contribution in [1.29, 1.82) is 0 Å². The summed E-state index contributed by atoms with van der Waals surface area (Å²) in [6.45, 7) is 2.87. The van der Waals surface area contributed by atoms with Crippen LogP contribution in [0.3, 0.4) is 0 Å². The van der Waals surface area contributed by atoms with Gasteiger partial charge in [0, 0.05) is 43.6 Å². The molecular weight excluding hydrogens is 492 g/mol. The largest absolute Gasteiger partial charge is 0.506 e. The quantitative estimate of drug-likeness (QED) is 0.369. The highest BCUT2D eigenvalue weighted by Gasteiger charge is 2.43. The second-order valence-corrected chi connectivity index (χ2v) is 10.8. The molecule has 38 heavy (non-hydrogen) atoms. The molecule has 2 aromatic carbocycles. The summed E-state index contributed by atoms with van der Waals surface area (Å²) in [5.41, 5.74) is 8.07. The van der Waals surface area contributed by atoms with Gasteiger partial charge < -0.3 is 15.7 Å². The number of phenolic OH excluding ortho intramolecular Hbond substituents is 1. The monoisotopic (exact) mass is 527 g/mol. The summed E-state index contributed by atoms with van der Waals surface area (Å²) in [6.07, 6.45) is 4.02. The fourth-order valence-electron chi connectivity index (χ4n) is 6.21. The Bertz CT molecular complexity index is 1170. The van der Waals surface area contributed by atoms with Gasteiger partial charge in [0.25, 0.3) is 0 Å². The molecule has 2 saturated heterocycles. The van der Waals surface area contributed by atoms with E-state index >= 15 is 0 Å². The van der Waals surface area contributed by atoms with Crippen molar-refractivity contribution in [3.8, 4) is 5.75 Å². The van der Waals surface area contributed by atoms with Crippen molar-refractivity contribution in [3.63, 3.8) is 0 Å². The number of benzene rings is 2. The standard InChI is InChI=1S/C28H35F2N5O3/c1-16(36)31-25-13-17(8-10-26(25)37)27-20-12-18(7-9-24(20)33-34-27)28(38)32-19-4-3-11-35(14-19)15-21-22(29)5-2-6-23(21)30/h2,5-6,8,10,13,18-20,24,27,33-34,37H,3-4,7,9,11-12,14-15H2,1H3,(H,31,36)(H,32,38)/t18?,19-,20?,24?,27?/m1/s1. The summed E-state index contributed by atoms with van der Waals surface area (Å²) in [5, 5.41) is 16.0. The molecule has 0 spiro atoms. The SMILES string of the molecule is CC(=O)Nc1cc(C2NNC3CCC(C(=O)N[C@@H]4CCCN(Cc5c(F)cccc5F)C4)CC32)ccc1O. The molecule has 0 aromatic heterocycles. The second kappa shape index (κ2) is 11.3. The van der Waals surface area contributed by atoms with Crippen LogP contribution in [0.5, 0.6) is 5.75 Å². The zero-order valence-electron chi connectivity index (χ0n) is 21.5. The first-order valence-electron chi connectivity index (χ1n) is 13.4. The van der Waals surface area contributed by atoms with Gasteiger partial charge in [-0.2, -0.15) is 0 Å². The average Bonchev–Trinajstić information content (AvgIpc) is 3.31. The predicted octanol–water partition coefficient (Wildman–Crippen LogP) is 3.34. The van der Waals surface area contributed by atoms with Crippen molar-refractivity contribution in [2.75, 3.05) is 18.4 Å². The Kier molecular flexibility index (Phi) is 7.92. The van der Waals surface area contributed by atoms with Gasteiger partial charge in [-0.05, 0) is 74.4 Å². The van der Waals surface area contributed by atoms with Crippen LogP contribution in [0, 0.1) is 23.5 Å². The number of carbonyl (C=O) groups excluding carboxylic acids is 2. The van der Waals surface area contributed by atoms with Crippen LogP contribution in [-0.2, 0) is 16.1 Å². The topological polar surface area (TPSA) is 106 Å². The van der Waals surface area contributed by atoms with E-state index in [0.717, 1.165) is 37.8 Å². The molecule has 2 aliphatic heterocycles. The first-order chi connectivity index (χ1) is 18.3. The highest BCUT2D eigenvalue weighted by molar-refractivity contribution is 5.90. The van der Waals surface area contributed by atoms with Crippen LogP contribution in [-0.4, -0.2) is 47.0 Å². The number of nitrogens with one attached hydrogen (secondary N) is 4. The zero-order valence-corrected chi connectivity index (χ0v) is 21.5. The third-order valence-corrected chi connectivity index (χ3v) is 8.11. The van der Waals surface area contributed by atoms with Gasteiger partial charge >= 0.3 is 0 Å². The van der Waals surface area contributed by atoms with E-state index in [1.165, 1.54) is 25.1 Å². The van der Waals surface area contributed by atoms with Crippen LogP contribution < -0.4 is 21.5 Å². The van der Waals surface area contributed by atoms with Gasteiger partial charge in [-0.15, -0.1) is 0 Å². The maximum absolute atomic E-state index is 14.1. The van der Waals surface area contributed by atoms with Crippen LogP contribution in [0.25, 0.3) is 0 Å². The van der Waals surface area contributed by atoms with E-state index in [9.17, 15) is 23.5 Å². The molecule has 8 nitrogen and oxygen atoms in total. The third-order valence-electron chi connectivity index (χ3n) is 8.11. The van der Waals surface area contributed by atoms with Crippen molar-refractivity contribution >= 4 is 17.5 Å². The lowest BCUT2D eigenvalue weighted by Crippen LogP contribution is -2.50. The van der Waals surface area contributed by atoms with E-state index in [0.29, 0.717) is 18.7 Å². The number of amides is 2. The molecule has 2 heterocycles. The normalized spacial score (nSPS) is 27.5. The third kappa shape index (κ3) is 5.82. The maximum Gasteiger partial charge on any atom is 0.223 e. The first-order valence-corrected chi connectivity index (χ1v) is 13.4. The van der Waals surface area contributed by atoms with Crippen LogP contribution >= 0.6 is 0 Å². The Hall–Kier alpha value is -3.08. The molecule has 5 rings (SSSR count). The van der Waals surface area contributed by atoms with Gasteiger partial charge in [0.1, 0.15) is 17.4 Å². The number of anilines is 1. The number of nitrogens with zero attached hydrogens (tertiary/aromatic N) is 1. The summed E-state index contributed by atoms with van der Waals surface area (Å²) in [7, 11) is 0. The van der Waals surface area contributed by atoms with Gasteiger partial charge in [-0.25, -0.2) is 14.2 Å². The molecule has 3 fully saturated rings. The number of piperidine rings is 1. The van der Waals surface area contributed by atoms with Crippen LogP contribution in [0.2, 0.25) is 0 Å². The number of hydrazine groups is 1. The van der Waals surface area contributed by atoms with Gasteiger partial charge in [0.15, 0.2) is 0 Å². The second-order valence-electron chi connectivity index (χ2n) is 10.8. The van der Waals surface area contributed by atoms with Crippen LogP contribution in [0.4, 0.5) is 14.5 Å². The molecule has 4 unspecified atom stereocenters. The van der Waals surface area contributed by atoms with Gasteiger partial charge in [0.05, 0.1) is 11.7 Å². The summed E-state index contributed by atoms with van der Waals surface area (Å²) in [6, 6.07) is 9.20. The van der Waals surface area contributed by atoms with E-state index in [-0.39, 0.29) is 59.6 Å². The first kappa shape index (κ1) is 26.5. The van der Waals surface area contributed by atoms with E-state index in [1.54, 1.807) is 12.1 Å². The maximum atomic E-state index is 14.1. The summed E-state index contributed by atoms with van der Waals surface area (Å²) in [5.74, 6) is -1.28. The summed E-state index contributed by atoms with van der Waals surface area (Å²) >= 11 is 0. The number of fused-ring (bicyclic) bond motifs is 1. The zero-order chi connectivity index (χ0) is 26.8. The lowest BCUT2D eigenvalue weighted by molar-refractivity contribution is -0.127. The average molecular weight is 528 g/mol. The Morgan fingerprint density at radius 1 is 1.11 bits per heavy atom. The van der Waals surface area contributed by atoms with Gasteiger partial charge in [0.2, 0.25) is 11.8 Å². The van der Waals surface area contributed by atoms with Crippen molar-refractivity contribution in [1.82, 2.24) is 21.1 Å². The van der Waals surface area contributed by atoms with Crippen molar-refractivity contribution in [2.45, 2.75) is 63.7 Å². The van der Waals surface area contributed by atoms with E-state index in [2.05, 4.69) is 21.5 Å². The summed E-state index contributed by atoms with van der Waals surface area (Å²) in [4.78, 5) is 26.8. The van der Waals surface area contributed by atoms with Gasteiger partial charge in [-0.1, -0.05) is 12.1 Å². The molecule has 204 valence electrons. The number of hydrogen-bond acceptors (Lipinski definition) is 6. The molecular formula is C28H35F2N5O3. The van der Waals surface area contributed by atoms with Crippen LogP contribution in [0.1, 0.15) is 56.2 Å². The number of likely N-dealkylation sites (tertiary alicyclic amines) is 1. The fourth-order valence-corrected chi connectivity index (χ4v) is 6.21. The molecule has 2 amide bonds. The Morgan fingerprint density at radius 2 is 1.89 bits per heavy atom. The number of rotatable bonds is 6. The number of hydrogen-bond donors (Lipinski definition) is 5. The van der Waals surface area contributed by atoms with E-state index in [1.807, 2.05) is 11.0 Å². The van der Waals surface area contributed by atoms with E-state index in [4.69, 9.17) is 0 Å². The molecule has 0 bridgehead atoms. The number of aromatic hydroxyl groups is 1. The number of phenols is 1. The fraction of sp³-hybridized carbons (Fsp3) is 0.500. The molecule has 1 aliphatic carbocycles. The van der Waals surface area contributed by atoms with Crippen molar-refractivity contribution in [3.05, 3.63) is 59.2 Å². The van der Waals surface area contributed by atoms with Crippen molar-refractivity contribution in [2.24, 2.45) is 11.8 Å². The summed E-state index contributed by atoms with van der Waals surface area (Å²) < 4.78 is 28.3. The minimum Gasteiger partial charge on any atom is -0.506 e. The lowest BCUT2D eigenvalue weighted by atomic mass is 9.74. The minimum atomic E-state index is -0.543. The number of halogens is 2. The van der Waals surface area contributed by atoms with Crippen molar-refractivity contribution < 1.29 is 23.5 Å². The molecule has 0 radical (unpaired) electrons. The Labute approximate surface area is 221 Å². The molecule has 5 N–H and O–H groups in total. The number of carbonyl (C=O) groups is 2. The minimum absolute atomic E-state index is 0.00613. The highest BCUT2D eigenvalue weighted by Crippen LogP contribution is 2.42. The molecule has 3 aliphatic rings. The Morgan fingerprint density at radius 3 is 2.66 bits per heavy atom. The molecule has 10 heteroatoms. The predicted molar refractivity (Wildman–Crippen MR) is 139 cm³/mol. The van der Waals surface area contributed by atoms with Gasteiger partial charge in [-0.3, -0.25) is 19.9 Å². The highest BCUT2D eigenvalue weighted by atomic mass is 19.1.